The quantitative estimate of drug-likeness (QED) is 0.867. The third kappa shape index (κ3) is 3.70. The van der Waals surface area contributed by atoms with E-state index in [9.17, 15) is 4.39 Å². The van der Waals surface area contributed by atoms with Crippen molar-refractivity contribution in [3.8, 4) is 5.88 Å². The van der Waals surface area contributed by atoms with Crippen LogP contribution < -0.4 is 10.1 Å². The second kappa shape index (κ2) is 6.70. The zero-order chi connectivity index (χ0) is 14.5. The van der Waals surface area contributed by atoms with Gasteiger partial charge < -0.3 is 10.1 Å². The van der Waals surface area contributed by atoms with Crippen LogP contribution in [0, 0.1) is 5.82 Å². The predicted octanol–water partition coefficient (Wildman–Crippen LogP) is 4.56. The van der Waals surface area contributed by atoms with Crippen LogP contribution in [0.15, 0.2) is 41.0 Å². The van der Waals surface area contributed by atoms with Crippen molar-refractivity contribution in [2.24, 2.45) is 0 Å². The SMILES string of the molecule is CCOc1ccc(NC(C)c2ccc(F)c(Br)c2)cn1. The monoisotopic (exact) mass is 338 g/mol. The zero-order valence-corrected chi connectivity index (χ0v) is 12.9. The van der Waals surface area contributed by atoms with Gasteiger partial charge in [-0.1, -0.05) is 6.07 Å². The van der Waals surface area contributed by atoms with Gasteiger partial charge in [0.1, 0.15) is 5.82 Å². The minimum atomic E-state index is -0.260. The van der Waals surface area contributed by atoms with E-state index in [0.717, 1.165) is 11.3 Å². The summed E-state index contributed by atoms with van der Waals surface area (Å²) in [5.74, 6) is 0.346. The molecule has 0 aliphatic heterocycles. The van der Waals surface area contributed by atoms with Crippen LogP contribution in [0.25, 0.3) is 0 Å². The van der Waals surface area contributed by atoms with Gasteiger partial charge in [0, 0.05) is 12.1 Å². The minimum absolute atomic E-state index is 0.0478. The maximum Gasteiger partial charge on any atom is 0.213 e. The Morgan fingerprint density at radius 2 is 2.15 bits per heavy atom. The largest absolute Gasteiger partial charge is 0.478 e. The summed E-state index contributed by atoms with van der Waals surface area (Å²) in [6, 6.07) is 8.77. The lowest BCUT2D eigenvalue weighted by atomic mass is 10.1. The van der Waals surface area contributed by atoms with Gasteiger partial charge >= 0.3 is 0 Å². The Morgan fingerprint density at radius 3 is 2.75 bits per heavy atom. The lowest BCUT2D eigenvalue weighted by Crippen LogP contribution is -2.07. The molecule has 1 aromatic heterocycles. The number of anilines is 1. The highest BCUT2D eigenvalue weighted by molar-refractivity contribution is 9.10. The highest BCUT2D eigenvalue weighted by atomic mass is 79.9. The molecule has 20 heavy (non-hydrogen) atoms. The summed E-state index contributed by atoms with van der Waals surface area (Å²) >= 11 is 3.19. The number of ether oxygens (including phenoxy) is 1. The number of aromatic nitrogens is 1. The molecule has 1 heterocycles. The van der Waals surface area contributed by atoms with E-state index in [1.165, 1.54) is 6.07 Å². The molecule has 0 aliphatic carbocycles. The summed E-state index contributed by atoms with van der Waals surface area (Å²) in [7, 11) is 0. The standard InChI is InChI=1S/C15H16BrFN2O/c1-3-20-15-7-5-12(9-18-15)19-10(2)11-4-6-14(17)13(16)8-11/h4-10,19H,3H2,1-2H3. The van der Waals surface area contributed by atoms with Crippen LogP contribution in [0.5, 0.6) is 5.88 Å². The molecule has 0 fully saturated rings. The molecule has 0 saturated heterocycles. The Labute approximate surface area is 126 Å². The van der Waals surface area contributed by atoms with Gasteiger partial charge in [0.15, 0.2) is 0 Å². The van der Waals surface area contributed by atoms with Crippen LogP contribution >= 0.6 is 15.9 Å². The molecule has 0 bridgehead atoms. The number of hydrogen-bond acceptors (Lipinski definition) is 3. The first-order valence-corrected chi connectivity index (χ1v) is 7.19. The fraction of sp³-hybridized carbons (Fsp3) is 0.267. The van der Waals surface area contributed by atoms with Gasteiger partial charge in [0.25, 0.3) is 0 Å². The van der Waals surface area contributed by atoms with E-state index in [0.29, 0.717) is 17.0 Å². The van der Waals surface area contributed by atoms with E-state index >= 15 is 0 Å². The average molecular weight is 339 g/mol. The molecule has 0 saturated carbocycles. The predicted molar refractivity (Wildman–Crippen MR) is 81.5 cm³/mol. The Morgan fingerprint density at radius 1 is 1.35 bits per heavy atom. The first kappa shape index (κ1) is 14.8. The van der Waals surface area contributed by atoms with Crippen LogP contribution in [0.3, 0.4) is 0 Å². The Balaban J connectivity index is 2.06. The van der Waals surface area contributed by atoms with E-state index in [1.54, 1.807) is 18.3 Å². The van der Waals surface area contributed by atoms with Crippen molar-refractivity contribution in [2.75, 3.05) is 11.9 Å². The van der Waals surface area contributed by atoms with Crippen molar-refractivity contribution in [1.82, 2.24) is 4.98 Å². The van der Waals surface area contributed by atoms with E-state index in [2.05, 4.69) is 26.2 Å². The Bertz CT molecular complexity index is 575. The summed E-state index contributed by atoms with van der Waals surface area (Å²) in [5, 5.41) is 3.31. The van der Waals surface area contributed by atoms with Crippen LogP contribution in [-0.2, 0) is 0 Å². The second-order valence-corrected chi connectivity index (χ2v) is 5.21. The van der Waals surface area contributed by atoms with Gasteiger partial charge in [0.05, 0.1) is 23.0 Å². The minimum Gasteiger partial charge on any atom is -0.478 e. The van der Waals surface area contributed by atoms with E-state index in [-0.39, 0.29) is 11.9 Å². The fourth-order valence-electron chi connectivity index (χ4n) is 1.81. The van der Waals surface area contributed by atoms with Crippen molar-refractivity contribution in [2.45, 2.75) is 19.9 Å². The number of nitrogens with one attached hydrogen (secondary N) is 1. The van der Waals surface area contributed by atoms with Crippen molar-refractivity contribution in [3.63, 3.8) is 0 Å². The van der Waals surface area contributed by atoms with E-state index < -0.39 is 0 Å². The van der Waals surface area contributed by atoms with Gasteiger partial charge in [-0.25, -0.2) is 9.37 Å². The lowest BCUT2D eigenvalue weighted by molar-refractivity contribution is 0.327. The van der Waals surface area contributed by atoms with Gasteiger partial charge in [0.2, 0.25) is 5.88 Å². The molecule has 5 heteroatoms. The zero-order valence-electron chi connectivity index (χ0n) is 11.4. The molecule has 0 amide bonds. The number of halogens is 2. The summed E-state index contributed by atoms with van der Waals surface area (Å²) in [5.41, 5.74) is 1.88. The van der Waals surface area contributed by atoms with Crippen molar-refractivity contribution >= 4 is 21.6 Å². The lowest BCUT2D eigenvalue weighted by Gasteiger charge is -2.16. The van der Waals surface area contributed by atoms with Gasteiger partial charge in [-0.2, -0.15) is 0 Å². The van der Waals surface area contributed by atoms with Crippen molar-refractivity contribution in [1.29, 1.82) is 0 Å². The number of nitrogens with zero attached hydrogens (tertiary/aromatic N) is 1. The highest BCUT2D eigenvalue weighted by Gasteiger charge is 2.08. The number of pyridine rings is 1. The molecule has 0 radical (unpaired) electrons. The molecule has 1 unspecified atom stereocenters. The molecule has 1 atom stereocenters. The Kier molecular flexibility index (Phi) is 4.95. The smallest absolute Gasteiger partial charge is 0.213 e. The number of hydrogen-bond donors (Lipinski definition) is 1. The molecule has 1 N–H and O–H groups in total. The summed E-state index contributed by atoms with van der Waals surface area (Å²) in [6.07, 6.45) is 1.72. The van der Waals surface area contributed by atoms with Crippen molar-refractivity contribution in [3.05, 3.63) is 52.4 Å². The van der Waals surface area contributed by atoms with Gasteiger partial charge in [-0.05, 0) is 53.5 Å². The van der Waals surface area contributed by atoms with Gasteiger partial charge in [-0.15, -0.1) is 0 Å². The molecular weight excluding hydrogens is 323 g/mol. The molecule has 2 rings (SSSR count). The second-order valence-electron chi connectivity index (χ2n) is 4.36. The molecule has 106 valence electrons. The molecule has 1 aromatic carbocycles. The van der Waals surface area contributed by atoms with E-state index in [4.69, 9.17) is 4.74 Å². The maximum atomic E-state index is 13.2. The maximum absolute atomic E-state index is 13.2. The first-order valence-electron chi connectivity index (χ1n) is 6.40. The summed E-state index contributed by atoms with van der Waals surface area (Å²) in [4.78, 5) is 4.19. The Hall–Kier alpha value is -1.62. The molecular formula is C15H16BrFN2O. The highest BCUT2D eigenvalue weighted by Crippen LogP contribution is 2.24. The van der Waals surface area contributed by atoms with Crippen LogP contribution in [0.2, 0.25) is 0 Å². The number of benzene rings is 1. The summed E-state index contributed by atoms with van der Waals surface area (Å²) in [6.45, 7) is 4.53. The third-order valence-corrected chi connectivity index (χ3v) is 3.46. The van der Waals surface area contributed by atoms with Crippen LogP contribution in [0.1, 0.15) is 25.5 Å². The molecule has 3 nitrogen and oxygen atoms in total. The first-order chi connectivity index (χ1) is 9.60. The fourth-order valence-corrected chi connectivity index (χ4v) is 2.21. The average Bonchev–Trinajstić information content (AvgIpc) is 2.44. The van der Waals surface area contributed by atoms with Crippen LogP contribution in [-0.4, -0.2) is 11.6 Å². The number of rotatable bonds is 5. The topological polar surface area (TPSA) is 34.1 Å². The van der Waals surface area contributed by atoms with Gasteiger partial charge in [-0.3, -0.25) is 0 Å². The third-order valence-electron chi connectivity index (χ3n) is 2.86. The molecule has 0 aliphatic rings. The van der Waals surface area contributed by atoms with Crippen LogP contribution in [0.4, 0.5) is 10.1 Å². The van der Waals surface area contributed by atoms with Crippen molar-refractivity contribution < 1.29 is 9.13 Å². The van der Waals surface area contributed by atoms with E-state index in [1.807, 2.05) is 26.0 Å². The normalized spacial score (nSPS) is 12.0. The molecule has 0 spiro atoms. The molecule has 2 aromatic rings. The summed E-state index contributed by atoms with van der Waals surface area (Å²) < 4.78 is 19.0.